The van der Waals surface area contributed by atoms with Crippen molar-refractivity contribution >= 4 is 33.6 Å². The number of thioether (sulfide) groups is 1. The Morgan fingerprint density at radius 3 is 2.48 bits per heavy atom. The monoisotopic (exact) mass is 363 g/mol. The molecule has 0 unspecified atom stereocenters. The average Bonchev–Trinajstić information content (AvgIpc) is 2.52. The van der Waals surface area contributed by atoms with Crippen molar-refractivity contribution in [2.75, 3.05) is 12.3 Å². The molecule has 0 saturated heterocycles. The molecular weight excluding hydrogens is 346 g/mol. The number of carbonyl (C=O) groups is 1. The summed E-state index contributed by atoms with van der Waals surface area (Å²) in [7, 11) is 0. The summed E-state index contributed by atoms with van der Waals surface area (Å²) in [5.41, 5.74) is 1.32. The first kappa shape index (κ1) is 16.1. The topological polar surface area (TPSA) is 29.1 Å². The van der Waals surface area contributed by atoms with Crippen molar-refractivity contribution < 1.29 is 4.79 Å². The lowest BCUT2D eigenvalue weighted by molar-refractivity contribution is -0.118. The highest BCUT2D eigenvalue weighted by atomic mass is 79.9. The molecule has 0 atom stereocenters. The fourth-order valence-electron chi connectivity index (χ4n) is 1.90. The Hall–Kier alpha value is -1.26. The second-order valence-electron chi connectivity index (χ2n) is 4.68. The standard InChI is InChI=1S/C17H18BrNOS/c18-15-8-10-16(11-9-15)21-13-17(20)19-12-4-7-14-5-2-1-3-6-14/h1-3,5-6,8-11H,4,7,12-13H2,(H,19,20). The van der Waals surface area contributed by atoms with Gasteiger partial charge in [-0.15, -0.1) is 11.8 Å². The molecule has 2 aromatic carbocycles. The summed E-state index contributed by atoms with van der Waals surface area (Å²) < 4.78 is 1.05. The summed E-state index contributed by atoms with van der Waals surface area (Å²) >= 11 is 4.96. The molecule has 0 fully saturated rings. The van der Waals surface area contributed by atoms with Crippen LogP contribution in [-0.2, 0) is 11.2 Å². The molecule has 1 N–H and O–H groups in total. The highest BCUT2D eigenvalue weighted by Crippen LogP contribution is 2.20. The summed E-state index contributed by atoms with van der Waals surface area (Å²) in [4.78, 5) is 12.9. The van der Waals surface area contributed by atoms with E-state index < -0.39 is 0 Å². The van der Waals surface area contributed by atoms with E-state index in [0.717, 1.165) is 28.8 Å². The molecule has 110 valence electrons. The largest absolute Gasteiger partial charge is 0.355 e. The van der Waals surface area contributed by atoms with Crippen molar-refractivity contribution in [1.29, 1.82) is 0 Å². The van der Waals surface area contributed by atoms with Gasteiger partial charge in [0.15, 0.2) is 0 Å². The molecule has 0 aliphatic heterocycles. The van der Waals surface area contributed by atoms with Crippen LogP contribution in [0.15, 0.2) is 64.0 Å². The number of halogens is 1. The molecule has 4 heteroatoms. The van der Waals surface area contributed by atoms with E-state index >= 15 is 0 Å². The number of hydrogen-bond donors (Lipinski definition) is 1. The molecule has 2 aromatic rings. The van der Waals surface area contributed by atoms with Gasteiger partial charge in [0.05, 0.1) is 5.75 Å². The van der Waals surface area contributed by atoms with Crippen LogP contribution in [0.5, 0.6) is 0 Å². The third-order valence-electron chi connectivity index (χ3n) is 2.99. The lowest BCUT2D eigenvalue weighted by atomic mass is 10.1. The second-order valence-corrected chi connectivity index (χ2v) is 6.65. The molecule has 0 aliphatic carbocycles. The van der Waals surface area contributed by atoms with Crippen LogP contribution >= 0.6 is 27.7 Å². The number of hydrogen-bond acceptors (Lipinski definition) is 2. The third-order valence-corrected chi connectivity index (χ3v) is 4.53. The van der Waals surface area contributed by atoms with Crippen LogP contribution < -0.4 is 5.32 Å². The summed E-state index contributed by atoms with van der Waals surface area (Å²) in [5, 5.41) is 2.97. The van der Waals surface area contributed by atoms with Crippen molar-refractivity contribution in [3.05, 3.63) is 64.6 Å². The lowest BCUT2D eigenvalue weighted by Crippen LogP contribution is -2.26. The molecule has 0 aliphatic rings. The first-order valence-corrected chi connectivity index (χ1v) is 8.71. The molecule has 0 radical (unpaired) electrons. The molecule has 1 amide bonds. The van der Waals surface area contributed by atoms with Crippen molar-refractivity contribution in [2.45, 2.75) is 17.7 Å². The van der Waals surface area contributed by atoms with Gasteiger partial charge >= 0.3 is 0 Å². The summed E-state index contributed by atoms with van der Waals surface area (Å²) in [6, 6.07) is 18.3. The van der Waals surface area contributed by atoms with Gasteiger partial charge in [0.25, 0.3) is 0 Å². The van der Waals surface area contributed by atoms with Gasteiger partial charge in [0, 0.05) is 15.9 Å². The maximum atomic E-state index is 11.8. The Morgan fingerprint density at radius 2 is 1.76 bits per heavy atom. The second kappa shape index (κ2) is 8.90. The molecule has 0 bridgehead atoms. The zero-order valence-electron chi connectivity index (χ0n) is 11.7. The van der Waals surface area contributed by atoms with Gasteiger partial charge < -0.3 is 5.32 Å². The van der Waals surface area contributed by atoms with Crippen LogP contribution in [0.2, 0.25) is 0 Å². The van der Waals surface area contributed by atoms with Gasteiger partial charge in [-0.05, 0) is 42.7 Å². The quantitative estimate of drug-likeness (QED) is 0.587. The van der Waals surface area contributed by atoms with Gasteiger partial charge in [-0.2, -0.15) is 0 Å². The minimum absolute atomic E-state index is 0.0935. The number of nitrogens with one attached hydrogen (secondary N) is 1. The summed E-state index contributed by atoms with van der Waals surface area (Å²) in [5.74, 6) is 0.559. The molecule has 0 spiro atoms. The Labute approximate surface area is 138 Å². The van der Waals surface area contributed by atoms with E-state index in [0.29, 0.717) is 5.75 Å². The van der Waals surface area contributed by atoms with Crippen molar-refractivity contribution in [2.24, 2.45) is 0 Å². The van der Waals surface area contributed by atoms with Crippen LogP contribution in [0.25, 0.3) is 0 Å². The van der Waals surface area contributed by atoms with E-state index in [-0.39, 0.29) is 5.91 Å². The van der Waals surface area contributed by atoms with Crippen LogP contribution in [0.3, 0.4) is 0 Å². The molecule has 2 rings (SSSR count). The first-order chi connectivity index (χ1) is 10.2. The SMILES string of the molecule is O=C(CSc1ccc(Br)cc1)NCCCc1ccccc1. The highest BCUT2D eigenvalue weighted by Gasteiger charge is 2.02. The highest BCUT2D eigenvalue weighted by molar-refractivity contribution is 9.10. The van der Waals surface area contributed by atoms with Crippen LogP contribution in [-0.4, -0.2) is 18.2 Å². The van der Waals surface area contributed by atoms with Gasteiger partial charge in [-0.3, -0.25) is 4.79 Å². The number of amides is 1. The first-order valence-electron chi connectivity index (χ1n) is 6.93. The lowest BCUT2D eigenvalue weighted by Gasteiger charge is -2.05. The Morgan fingerprint density at radius 1 is 1.05 bits per heavy atom. The van der Waals surface area contributed by atoms with Gasteiger partial charge in [-0.1, -0.05) is 46.3 Å². The van der Waals surface area contributed by atoms with E-state index in [9.17, 15) is 4.79 Å². The van der Waals surface area contributed by atoms with E-state index in [4.69, 9.17) is 0 Å². The van der Waals surface area contributed by atoms with Crippen LogP contribution in [0, 0.1) is 0 Å². The van der Waals surface area contributed by atoms with E-state index in [1.807, 2.05) is 42.5 Å². The van der Waals surface area contributed by atoms with E-state index in [1.165, 1.54) is 5.56 Å². The van der Waals surface area contributed by atoms with Crippen molar-refractivity contribution in [3.8, 4) is 0 Å². The maximum absolute atomic E-state index is 11.8. The zero-order chi connectivity index (χ0) is 14.9. The molecule has 0 heterocycles. The minimum Gasteiger partial charge on any atom is -0.355 e. The Bertz CT molecular complexity index is 557. The normalized spacial score (nSPS) is 10.3. The number of carbonyl (C=O) groups excluding carboxylic acids is 1. The molecular formula is C17H18BrNOS. The predicted octanol–water partition coefficient (Wildman–Crippen LogP) is 4.29. The fourth-order valence-corrected chi connectivity index (χ4v) is 2.89. The Balaban J connectivity index is 1.60. The molecule has 2 nitrogen and oxygen atoms in total. The predicted molar refractivity (Wildman–Crippen MR) is 92.6 cm³/mol. The fraction of sp³-hybridized carbons (Fsp3) is 0.235. The van der Waals surface area contributed by atoms with Gasteiger partial charge in [0.1, 0.15) is 0 Å². The van der Waals surface area contributed by atoms with Gasteiger partial charge in [0.2, 0.25) is 5.91 Å². The number of benzene rings is 2. The maximum Gasteiger partial charge on any atom is 0.230 e. The molecule has 21 heavy (non-hydrogen) atoms. The molecule has 0 aromatic heterocycles. The van der Waals surface area contributed by atoms with Crippen LogP contribution in [0.1, 0.15) is 12.0 Å². The summed E-state index contributed by atoms with van der Waals surface area (Å²) in [6.45, 7) is 0.731. The van der Waals surface area contributed by atoms with Gasteiger partial charge in [-0.25, -0.2) is 0 Å². The number of rotatable bonds is 7. The zero-order valence-corrected chi connectivity index (χ0v) is 14.1. The number of aryl methyl sites for hydroxylation is 1. The Kier molecular flexibility index (Phi) is 6.83. The van der Waals surface area contributed by atoms with Crippen molar-refractivity contribution in [1.82, 2.24) is 5.32 Å². The summed E-state index contributed by atoms with van der Waals surface area (Å²) in [6.07, 6.45) is 1.97. The van der Waals surface area contributed by atoms with E-state index in [1.54, 1.807) is 11.8 Å². The average molecular weight is 364 g/mol. The third kappa shape index (κ3) is 6.36. The van der Waals surface area contributed by atoms with E-state index in [2.05, 4.69) is 33.4 Å². The smallest absolute Gasteiger partial charge is 0.230 e. The van der Waals surface area contributed by atoms with Crippen LogP contribution in [0.4, 0.5) is 0 Å². The molecule has 0 saturated carbocycles. The van der Waals surface area contributed by atoms with Crippen molar-refractivity contribution in [3.63, 3.8) is 0 Å². The minimum atomic E-state index is 0.0935.